The fourth-order valence-electron chi connectivity index (χ4n) is 3.21. The van der Waals surface area contributed by atoms with Crippen LogP contribution in [-0.2, 0) is 4.74 Å². The number of ether oxygens (including phenoxy) is 1. The van der Waals surface area contributed by atoms with Gasteiger partial charge in [0.1, 0.15) is 0 Å². The highest BCUT2D eigenvalue weighted by atomic mass is 127. The minimum atomic E-state index is 0. The topological polar surface area (TPSA) is 40.1 Å². The number of nitrogens with one attached hydrogen (secondary N) is 1. The Labute approximate surface area is 146 Å². The lowest BCUT2D eigenvalue weighted by Crippen LogP contribution is -2.40. The first-order valence-corrected chi connectivity index (χ1v) is 7.93. The van der Waals surface area contributed by atoms with Crippen molar-refractivity contribution >= 4 is 29.9 Å². The predicted molar refractivity (Wildman–Crippen MR) is 98.6 cm³/mol. The minimum absolute atomic E-state index is 0. The van der Waals surface area contributed by atoms with Gasteiger partial charge in [-0.1, -0.05) is 0 Å². The van der Waals surface area contributed by atoms with Crippen LogP contribution in [0.5, 0.6) is 0 Å². The molecule has 0 aliphatic carbocycles. The van der Waals surface area contributed by atoms with Gasteiger partial charge in [-0.2, -0.15) is 0 Å². The van der Waals surface area contributed by atoms with Crippen LogP contribution in [0.4, 0.5) is 0 Å². The summed E-state index contributed by atoms with van der Waals surface area (Å²) in [7, 11) is 3.99. The molecule has 5 nitrogen and oxygen atoms in total. The molecule has 2 atom stereocenters. The molecule has 2 rings (SSSR count). The molecule has 0 aromatic rings. The Morgan fingerprint density at radius 2 is 2.00 bits per heavy atom. The van der Waals surface area contributed by atoms with Crippen molar-refractivity contribution in [1.29, 1.82) is 0 Å². The lowest BCUT2D eigenvalue weighted by molar-refractivity contribution is 0.157. The maximum Gasteiger partial charge on any atom is 0.193 e. The largest absolute Gasteiger partial charge is 0.384 e. The fourth-order valence-corrected chi connectivity index (χ4v) is 3.21. The molecule has 2 fully saturated rings. The van der Waals surface area contributed by atoms with Gasteiger partial charge in [-0.05, 0) is 39.3 Å². The zero-order valence-corrected chi connectivity index (χ0v) is 16.0. The number of nitrogens with zero attached hydrogens (tertiary/aromatic N) is 3. The summed E-state index contributed by atoms with van der Waals surface area (Å²) >= 11 is 0. The van der Waals surface area contributed by atoms with Gasteiger partial charge < -0.3 is 19.9 Å². The minimum Gasteiger partial charge on any atom is -0.384 e. The molecule has 124 valence electrons. The van der Waals surface area contributed by atoms with Crippen molar-refractivity contribution in [2.75, 3.05) is 60.0 Å². The zero-order valence-electron chi connectivity index (χ0n) is 13.7. The van der Waals surface area contributed by atoms with Crippen LogP contribution < -0.4 is 5.32 Å². The summed E-state index contributed by atoms with van der Waals surface area (Å²) in [5, 5.41) is 3.44. The standard InChI is InChI=1S/C15H30N4O.HI/c1-4-16-15(17-9-13-5-7-18(2)10-13)19-8-6-14(11-19)12-20-3;/h13-14H,4-12H2,1-3H3,(H,16,17);1H. The Kier molecular flexibility index (Phi) is 8.89. The van der Waals surface area contributed by atoms with Crippen LogP contribution in [0.2, 0.25) is 0 Å². The molecule has 2 aliphatic heterocycles. The maximum absolute atomic E-state index is 5.27. The molecule has 2 saturated heterocycles. The van der Waals surface area contributed by atoms with Gasteiger partial charge in [0.05, 0.1) is 6.61 Å². The van der Waals surface area contributed by atoms with Crippen molar-refractivity contribution in [3.63, 3.8) is 0 Å². The van der Waals surface area contributed by atoms with Gasteiger partial charge in [-0.25, -0.2) is 0 Å². The lowest BCUT2D eigenvalue weighted by Gasteiger charge is -2.22. The van der Waals surface area contributed by atoms with Gasteiger partial charge in [0.15, 0.2) is 5.96 Å². The smallest absolute Gasteiger partial charge is 0.193 e. The molecule has 6 heteroatoms. The zero-order chi connectivity index (χ0) is 14.4. The van der Waals surface area contributed by atoms with E-state index in [4.69, 9.17) is 9.73 Å². The van der Waals surface area contributed by atoms with E-state index in [1.165, 1.54) is 25.9 Å². The molecule has 1 N–H and O–H groups in total. The second-order valence-corrected chi connectivity index (χ2v) is 6.17. The lowest BCUT2D eigenvalue weighted by atomic mass is 10.1. The van der Waals surface area contributed by atoms with E-state index in [1.54, 1.807) is 7.11 Å². The van der Waals surface area contributed by atoms with Crippen LogP contribution in [-0.4, -0.2) is 75.8 Å². The monoisotopic (exact) mass is 410 g/mol. The van der Waals surface area contributed by atoms with Crippen LogP contribution in [0.25, 0.3) is 0 Å². The third kappa shape index (κ3) is 5.90. The summed E-state index contributed by atoms with van der Waals surface area (Å²) in [6, 6.07) is 0. The highest BCUT2D eigenvalue weighted by Gasteiger charge is 2.25. The molecule has 0 bridgehead atoms. The first kappa shape index (κ1) is 19.0. The van der Waals surface area contributed by atoms with E-state index >= 15 is 0 Å². The Balaban J connectivity index is 0.00000220. The van der Waals surface area contributed by atoms with Crippen molar-refractivity contribution in [1.82, 2.24) is 15.1 Å². The SMILES string of the molecule is CCNC(=NCC1CCN(C)C1)N1CCC(COC)C1.I. The van der Waals surface area contributed by atoms with Crippen LogP contribution in [0, 0.1) is 11.8 Å². The average molecular weight is 410 g/mol. The van der Waals surface area contributed by atoms with E-state index < -0.39 is 0 Å². The summed E-state index contributed by atoms with van der Waals surface area (Å²) in [5.41, 5.74) is 0. The molecular weight excluding hydrogens is 379 g/mol. The van der Waals surface area contributed by atoms with Gasteiger partial charge >= 0.3 is 0 Å². The van der Waals surface area contributed by atoms with Crippen LogP contribution in [0.15, 0.2) is 4.99 Å². The highest BCUT2D eigenvalue weighted by Crippen LogP contribution is 2.18. The first-order valence-electron chi connectivity index (χ1n) is 7.93. The third-order valence-corrected chi connectivity index (χ3v) is 4.31. The van der Waals surface area contributed by atoms with Crippen molar-refractivity contribution in [3.05, 3.63) is 0 Å². The van der Waals surface area contributed by atoms with E-state index in [0.29, 0.717) is 5.92 Å². The average Bonchev–Trinajstić information content (AvgIpc) is 3.04. The van der Waals surface area contributed by atoms with E-state index in [-0.39, 0.29) is 24.0 Å². The Bertz CT molecular complexity index is 327. The Morgan fingerprint density at radius 1 is 1.24 bits per heavy atom. The molecule has 2 aliphatic rings. The molecule has 21 heavy (non-hydrogen) atoms. The first-order chi connectivity index (χ1) is 9.72. The van der Waals surface area contributed by atoms with Crippen molar-refractivity contribution in [3.8, 4) is 0 Å². The van der Waals surface area contributed by atoms with E-state index in [2.05, 4.69) is 29.1 Å². The Morgan fingerprint density at radius 3 is 2.62 bits per heavy atom. The summed E-state index contributed by atoms with van der Waals surface area (Å²) in [4.78, 5) is 9.67. The fraction of sp³-hybridized carbons (Fsp3) is 0.933. The highest BCUT2D eigenvalue weighted by molar-refractivity contribution is 14.0. The quantitative estimate of drug-likeness (QED) is 0.424. The van der Waals surface area contributed by atoms with E-state index in [1.807, 2.05) is 0 Å². The number of methoxy groups -OCH3 is 1. The second-order valence-electron chi connectivity index (χ2n) is 6.17. The van der Waals surface area contributed by atoms with Crippen LogP contribution in [0.1, 0.15) is 19.8 Å². The normalized spacial score (nSPS) is 27.0. The number of halogens is 1. The molecular formula is C15H31IN4O. The van der Waals surface area contributed by atoms with Gasteiger partial charge in [0.25, 0.3) is 0 Å². The van der Waals surface area contributed by atoms with Gasteiger partial charge in [-0.15, -0.1) is 24.0 Å². The van der Waals surface area contributed by atoms with Crippen LogP contribution in [0.3, 0.4) is 0 Å². The van der Waals surface area contributed by atoms with Gasteiger partial charge in [-0.3, -0.25) is 4.99 Å². The summed E-state index contributed by atoms with van der Waals surface area (Å²) in [6.07, 6.45) is 2.50. The molecule has 0 saturated carbocycles. The number of rotatable bonds is 5. The predicted octanol–water partition coefficient (Wildman–Crippen LogP) is 1.49. The van der Waals surface area contributed by atoms with Crippen molar-refractivity contribution < 1.29 is 4.74 Å². The van der Waals surface area contributed by atoms with E-state index in [0.717, 1.165) is 44.7 Å². The summed E-state index contributed by atoms with van der Waals surface area (Å²) < 4.78 is 5.27. The molecule has 0 radical (unpaired) electrons. The number of likely N-dealkylation sites (tertiary alicyclic amines) is 2. The summed E-state index contributed by atoms with van der Waals surface area (Å²) in [6.45, 7) is 9.48. The number of hydrogen-bond donors (Lipinski definition) is 1. The van der Waals surface area contributed by atoms with Gasteiger partial charge in [0.2, 0.25) is 0 Å². The van der Waals surface area contributed by atoms with Gasteiger partial charge in [0, 0.05) is 45.8 Å². The van der Waals surface area contributed by atoms with E-state index in [9.17, 15) is 0 Å². The van der Waals surface area contributed by atoms with Crippen molar-refractivity contribution in [2.24, 2.45) is 16.8 Å². The Hall–Kier alpha value is -0.0800. The number of hydrogen-bond acceptors (Lipinski definition) is 3. The molecule has 0 spiro atoms. The third-order valence-electron chi connectivity index (χ3n) is 4.31. The molecule has 2 unspecified atom stereocenters. The summed E-state index contributed by atoms with van der Waals surface area (Å²) in [5.74, 6) is 2.48. The molecule has 0 aromatic carbocycles. The number of aliphatic imine (C=N–C) groups is 1. The van der Waals surface area contributed by atoms with Crippen LogP contribution >= 0.6 is 24.0 Å². The maximum atomic E-state index is 5.27. The molecule has 0 aromatic heterocycles. The molecule has 2 heterocycles. The van der Waals surface area contributed by atoms with Crippen molar-refractivity contribution in [2.45, 2.75) is 19.8 Å². The second kappa shape index (κ2) is 9.84. The molecule has 0 amide bonds. The number of guanidine groups is 1.